The van der Waals surface area contributed by atoms with E-state index in [1.807, 2.05) is 19.2 Å². The molecule has 6 heteroatoms. The molecule has 4 rings (SSSR count). The first kappa shape index (κ1) is 19.8. The quantitative estimate of drug-likeness (QED) is 0.830. The smallest absolute Gasteiger partial charge is 0.229 e. The van der Waals surface area contributed by atoms with Crippen molar-refractivity contribution in [3.8, 4) is 0 Å². The Bertz CT molecular complexity index is 849. The van der Waals surface area contributed by atoms with Crippen molar-refractivity contribution in [3.05, 3.63) is 59.5 Å². The lowest BCUT2D eigenvalue weighted by molar-refractivity contribution is -0.149. The van der Waals surface area contributed by atoms with Crippen molar-refractivity contribution in [2.75, 3.05) is 32.1 Å². The molecule has 2 aromatic rings. The number of pyridine rings is 1. The third kappa shape index (κ3) is 4.13. The van der Waals surface area contributed by atoms with Crippen LogP contribution in [0, 0.1) is 11.2 Å². The molecular formula is C23H28FN3O2. The summed E-state index contributed by atoms with van der Waals surface area (Å²) < 4.78 is 18.9. The van der Waals surface area contributed by atoms with E-state index in [0.717, 1.165) is 36.3 Å². The number of amides is 1. The molecule has 0 radical (unpaired) electrons. The SMILES string of the molecule is CNc1cc([C@@H]2CCCN2C(=O)C2(Cc3ccc(F)cc3)CCOCC2)ccn1. The molecule has 3 heterocycles. The minimum absolute atomic E-state index is 0.0746. The van der Waals surface area contributed by atoms with Crippen molar-refractivity contribution in [3.63, 3.8) is 0 Å². The van der Waals surface area contributed by atoms with E-state index < -0.39 is 5.41 Å². The zero-order chi connectivity index (χ0) is 20.3. The van der Waals surface area contributed by atoms with Crippen LogP contribution in [0.15, 0.2) is 42.6 Å². The number of nitrogens with zero attached hydrogens (tertiary/aromatic N) is 2. The molecule has 1 aromatic carbocycles. The van der Waals surface area contributed by atoms with Crippen LogP contribution in [-0.4, -0.2) is 42.6 Å². The Morgan fingerprint density at radius 2 is 2.03 bits per heavy atom. The first-order valence-corrected chi connectivity index (χ1v) is 10.4. The Hall–Kier alpha value is -2.47. The lowest BCUT2D eigenvalue weighted by Crippen LogP contribution is -2.48. The van der Waals surface area contributed by atoms with Gasteiger partial charge in [-0.2, -0.15) is 0 Å². The molecule has 2 saturated heterocycles. The molecule has 2 fully saturated rings. The number of ether oxygens (including phenoxy) is 1. The number of anilines is 1. The van der Waals surface area contributed by atoms with Crippen LogP contribution < -0.4 is 5.32 Å². The summed E-state index contributed by atoms with van der Waals surface area (Å²) in [6, 6.07) is 10.7. The average molecular weight is 397 g/mol. The van der Waals surface area contributed by atoms with Gasteiger partial charge in [0, 0.05) is 33.0 Å². The predicted octanol–water partition coefficient (Wildman–Crippen LogP) is 3.97. The molecule has 1 aromatic heterocycles. The summed E-state index contributed by atoms with van der Waals surface area (Å²) in [5.41, 5.74) is 1.63. The first-order chi connectivity index (χ1) is 14.1. The molecule has 2 aliphatic rings. The van der Waals surface area contributed by atoms with Crippen molar-refractivity contribution >= 4 is 11.7 Å². The van der Waals surface area contributed by atoms with Gasteiger partial charge in [0.05, 0.1) is 11.5 Å². The predicted molar refractivity (Wildman–Crippen MR) is 110 cm³/mol. The maximum atomic E-state index is 13.9. The van der Waals surface area contributed by atoms with Gasteiger partial charge < -0.3 is 15.0 Å². The van der Waals surface area contributed by atoms with E-state index in [-0.39, 0.29) is 17.8 Å². The zero-order valence-corrected chi connectivity index (χ0v) is 16.9. The number of hydrogen-bond acceptors (Lipinski definition) is 4. The second kappa shape index (κ2) is 8.49. The second-order valence-corrected chi connectivity index (χ2v) is 8.08. The lowest BCUT2D eigenvalue weighted by Gasteiger charge is -2.40. The topological polar surface area (TPSA) is 54.5 Å². The molecule has 154 valence electrons. The highest BCUT2D eigenvalue weighted by molar-refractivity contribution is 5.84. The third-order valence-corrected chi connectivity index (χ3v) is 6.30. The van der Waals surface area contributed by atoms with Crippen LogP contribution in [0.4, 0.5) is 10.2 Å². The summed E-state index contributed by atoms with van der Waals surface area (Å²) in [6.07, 6.45) is 5.77. The van der Waals surface area contributed by atoms with Crippen molar-refractivity contribution in [2.24, 2.45) is 5.41 Å². The van der Waals surface area contributed by atoms with E-state index in [1.54, 1.807) is 18.3 Å². The van der Waals surface area contributed by atoms with Crippen LogP contribution in [0.25, 0.3) is 0 Å². The minimum Gasteiger partial charge on any atom is -0.381 e. The van der Waals surface area contributed by atoms with Crippen LogP contribution >= 0.6 is 0 Å². The minimum atomic E-state index is -0.489. The van der Waals surface area contributed by atoms with Crippen molar-refractivity contribution in [1.82, 2.24) is 9.88 Å². The van der Waals surface area contributed by atoms with E-state index in [2.05, 4.69) is 15.2 Å². The Balaban J connectivity index is 1.61. The van der Waals surface area contributed by atoms with Gasteiger partial charge in [-0.1, -0.05) is 12.1 Å². The van der Waals surface area contributed by atoms with Gasteiger partial charge in [0.25, 0.3) is 0 Å². The van der Waals surface area contributed by atoms with Crippen molar-refractivity contribution in [1.29, 1.82) is 0 Å². The fraction of sp³-hybridized carbons (Fsp3) is 0.478. The number of carbonyl (C=O) groups is 1. The lowest BCUT2D eigenvalue weighted by atomic mass is 9.73. The van der Waals surface area contributed by atoms with E-state index in [0.29, 0.717) is 32.5 Å². The average Bonchev–Trinajstić information content (AvgIpc) is 3.25. The molecule has 1 amide bonds. The maximum Gasteiger partial charge on any atom is 0.229 e. The van der Waals surface area contributed by atoms with E-state index in [4.69, 9.17) is 4.74 Å². The number of benzene rings is 1. The third-order valence-electron chi connectivity index (χ3n) is 6.30. The van der Waals surface area contributed by atoms with Crippen LogP contribution in [0.5, 0.6) is 0 Å². The molecule has 29 heavy (non-hydrogen) atoms. The Morgan fingerprint density at radius 3 is 2.76 bits per heavy atom. The largest absolute Gasteiger partial charge is 0.381 e. The molecule has 0 bridgehead atoms. The fourth-order valence-corrected chi connectivity index (χ4v) is 4.67. The first-order valence-electron chi connectivity index (χ1n) is 10.4. The summed E-state index contributed by atoms with van der Waals surface area (Å²) >= 11 is 0. The molecule has 0 saturated carbocycles. The maximum absolute atomic E-state index is 13.9. The highest BCUT2D eigenvalue weighted by Gasteiger charge is 2.45. The van der Waals surface area contributed by atoms with Gasteiger partial charge in [-0.25, -0.2) is 9.37 Å². The summed E-state index contributed by atoms with van der Waals surface area (Å²) in [5, 5.41) is 3.08. The number of nitrogens with one attached hydrogen (secondary N) is 1. The number of likely N-dealkylation sites (tertiary alicyclic amines) is 1. The Labute approximate surface area is 171 Å². The van der Waals surface area contributed by atoms with Crippen molar-refractivity contribution < 1.29 is 13.9 Å². The number of carbonyl (C=O) groups excluding carboxylic acids is 1. The standard InChI is InChI=1S/C23H28FN3O2/c1-25-21-15-18(8-11-26-21)20-3-2-12-27(20)22(28)23(9-13-29-14-10-23)16-17-4-6-19(24)7-5-17/h4-8,11,15,20H,2-3,9-10,12-14,16H2,1H3,(H,25,26)/t20-/m0/s1. The van der Waals surface area contributed by atoms with Gasteiger partial charge in [0.15, 0.2) is 0 Å². The molecule has 1 atom stereocenters. The summed E-state index contributed by atoms with van der Waals surface area (Å²) in [4.78, 5) is 20.3. The van der Waals surface area contributed by atoms with Gasteiger partial charge in [-0.15, -0.1) is 0 Å². The molecule has 1 N–H and O–H groups in total. The van der Waals surface area contributed by atoms with Gasteiger partial charge in [-0.3, -0.25) is 4.79 Å². The van der Waals surface area contributed by atoms with Crippen LogP contribution in [0.1, 0.15) is 42.9 Å². The van der Waals surface area contributed by atoms with E-state index in [1.165, 1.54) is 12.1 Å². The van der Waals surface area contributed by atoms with Gasteiger partial charge in [-0.05, 0) is 67.5 Å². The monoisotopic (exact) mass is 397 g/mol. The van der Waals surface area contributed by atoms with Gasteiger partial charge >= 0.3 is 0 Å². The van der Waals surface area contributed by atoms with Gasteiger partial charge in [0.2, 0.25) is 5.91 Å². The summed E-state index contributed by atoms with van der Waals surface area (Å²) in [6.45, 7) is 1.95. The van der Waals surface area contributed by atoms with Gasteiger partial charge in [0.1, 0.15) is 11.6 Å². The Kier molecular flexibility index (Phi) is 5.81. The van der Waals surface area contributed by atoms with Crippen LogP contribution in [-0.2, 0) is 16.0 Å². The fourth-order valence-electron chi connectivity index (χ4n) is 4.67. The number of halogens is 1. The summed E-state index contributed by atoms with van der Waals surface area (Å²) in [7, 11) is 1.85. The molecule has 5 nitrogen and oxygen atoms in total. The highest BCUT2D eigenvalue weighted by Crippen LogP contribution is 2.42. The molecule has 2 aliphatic heterocycles. The molecular weight excluding hydrogens is 369 g/mol. The molecule has 0 aliphatic carbocycles. The highest BCUT2D eigenvalue weighted by atomic mass is 19.1. The molecule has 0 unspecified atom stereocenters. The zero-order valence-electron chi connectivity index (χ0n) is 16.9. The normalized spacial score (nSPS) is 21.2. The van der Waals surface area contributed by atoms with Crippen LogP contribution in [0.2, 0.25) is 0 Å². The summed E-state index contributed by atoms with van der Waals surface area (Å²) in [5.74, 6) is 0.767. The second-order valence-electron chi connectivity index (χ2n) is 8.08. The Morgan fingerprint density at radius 1 is 1.28 bits per heavy atom. The van der Waals surface area contributed by atoms with Crippen molar-refractivity contribution in [2.45, 2.75) is 38.1 Å². The van der Waals surface area contributed by atoms with E-state index in [9.17, 15) is 9.18 Å². The van der Waals surface area contributed by atoms with E-state index >= 15 is 0 Å². The molecule has 0 spiro atoms. The number of aromatic nitrogens is 1. The number of hydrogen-bond donors (Lipinski definition) is 1. The van der Waals surface area contributed by atoms with Crippen LogP contribution in [0.3, 0.4) is 0 Å². The number of rotatable bonds is 5.